The Morgan fingerprint density at radius 2 is 0.562 bits per heavy atom. The molecule has 0 aromatic carbocycles. The first-order chi connectivity index (χ1) is 68.1. The third-order valence-electron chi connectivity index (χ3n) is 39.3. The highest BCUT2D eigenvalue weighted by Gasteiger charge is 2.46. The Hall–Kier alpha value is -0.400. The zero-order valence-corrected chi connectivity index (χ0v) is 106. The molecule has 146 heavy (non-hydrogen) atoms. The summed E-state index contributed by atoms with van der Waals surface area (Å²) in [6.07, 6.45) is 69.5. The van der Waals surface area contributed by atoms with Crippen LogP contribution in [0.1, 0.15) is 623 Å². The molecule has 0 spiro atoms. The summed E-state index contributed by atoms with van der Waals surface area (Å²) in [6, 6.07) is 0. The van der Waals surface area contributed by atoms with Gasteiger partial charge in [0.25, 0.3) is 0 Å². The molecule has 0 aromatic rings. The van der Waals surface area contributed by atoms with Crippen LogP contribution in [0, 0.1) is 186 Å². The van der Waals surface area contributed by atoms with Crippen molar-refractivity contribution in [3.63, 3.8) is 0 Å². The van der Waals surface area contributed by atoms with E-state index in [0.717, 1.165) is 98.2 Å². The lowest BCUT2D eigenvalue weighted by Gasteiger charge is -2.46. The maximum absolute atomic E-state index is 10.5. The maximum Gasteiger partial charge on any atom is 0.0606 e. The molecule has 0 aliphatic heterocycles. The van der Waals surface area contributed by atoms with Crippen LogP contribution < -0.4 is 0 Å². The topological polar surface area (TPSA) is 202 Å². The van der Waals surface area contributed by atoms with Crippen molar-refractivity contribution in [2.24, 2.45) is 186 Å². The predicted octanol–water partition coefficient (Wildman–Crippen LogP) is 38.2. The summed E-state index contributed by atoms with van der Waals surface area (Å²) >= 11 is 0. The molecule has 0 heterocycles. The van der Waals surface area contributed by atoms with E-state index in [9.17, 15) is 51.1 Å². The summed E-state index contributed by atoms with van der Waals surface area (Å²) in [5.41, 5.74) is 1.71. The largest absolute Gasteiger partial charge is 0.393 e. The van der Waals surface area contributed by atoms with Gasteiger partial charge >= 0.3 is 0 Å². The first-order valence-electron chi connectivity index (χ1n) is 64.9. The molecule has 10 nitrogen and oxygen atoms in total. The number of hydrogen-bond donors (Lipinski definition) is 10. The van der Waals surface area contributed by atoms with Crippen molar-refractivity contribution in [2.45, 2.75) is 684 Å². The van der Waals surface area contributed by atoms with Crippen LogP contribution in [0.4, 0.5) is 0 Å². The lowest BCUT2D eigenvalue weighted by molar-refractivity contribution is -0.0660. The number of aliphatic hydroxyl groups is 10. The SMILES string of the molecule is CC(C)(C)C1CCC(C(C)(C)C)C(O)C1.CC(C)(C)C1CCC(O)C(C(C)(C)C)C1.CC(C)(C)C1CCCC(C(C)(C)C)C1O.CC(C)C1CCC(O)C(C(C)C)C1.CC(C)C1CCCC(C(C)C)C1O.CC(C)CC1CCC(O)C(CC(C)C)C1.CCCCC1CCC(CCCC)C(O)C1.CCCCC1CCC(O)C(CCCC)C1.CCCCC1CCCC(CCCC)C1O.CCCCC1CCCC(O)C1CCCC. The highest BCUT2D eigenvalue weighted by Crippen LogP contribution is 2.52. The van der Waals surface area contributed by atoms with Gasteiger partial charge < -0.3 is 51.1 Å². The molecule has 10 heteroatoms. The van der Waals surface area contributed by atoms with Crippen molar-refractivity contribution in [1.82, 2.24) is 0 Å². The summed E-state index contributed by atoms with van der Waals surface area (Å²) in [5, 5.41) is 101. The van der Waals surface area contributed by atoms with Crippen molar-refractivity contribution in [1.29, 1.82) is 0 Å². The van der Waals surface area contributed by atoms with E-state index in [4.69, 9.17) is 0 Å². The molecule has 10 fully saturated rings. The molecule has 10 N–H and O–H groups in total. The van der Waals surface area contributed by atoms with E-state index in [1.165, 1.54) is 315 Å². The van der Waals surface area contributed by atoms with E-state index in [-0.39, 0.29) is 82.7 Å². The molecule has 0 amide bonds. The molecule has 10 saturated carbocycles. The van der Waals surface area contributed by atoms with Crippen molar-refractivity contribution in [2.75, 3.05) is 0 Å². The first-order valence-corrected chi connectivity index (χ1v) is 64.9. The zero-order valence-electron chi connectivity index (χ0n) is 106. The summed E-state index contributed by atoms with van der Waals surface area (Å²) in [7, 11) is 0. The van der Waals surface area contributed by atoms with Crippen molar-refractivity contribution in [3.05, 3.63) is 0 Å². The Morgan fingerprint density at radius 1 is 0.205 bits per heavy atom. The average molecular weight is 2070 g/mol. The van der Waals surface area contributed by atoms with Crippen LogP contribution >= 0.6 is 0 Å². The Morgan fingerprint density at radius 3 is 0.986 bits per heavy atom. The summed E-state index contributed by atoms with van der Waals surface area (Å²) in [5.74, 6) is 17.1. The van der Waals surface area contributed by atoms with Crippen LogP contribution in [0.5, 0.6) is 0 Å². The van der Waals surface area contributed by atoms with Gasteiger partial charge in [-0.2, -0.15) is 0 Å². The van der Waals surface area contributed by atoms with Gasteiger partial charge in [0.15, 0.2) is 0 Å². The zero-order chi connectivity index (χ0) is 111. The van der Waals surface area contributed by atoms with Crippen LogP contribution in [-0.4, -0.2) is 112 Å². The molecule has 0 saturated heterocycles. The van der Waals surface area contributed by atoms with Crippen molar-refractivity contribution < 1.29 is 51.1 Å². The molecular formula is C136H272O10. The summed E-state index contributed by atoms with van der Waals surface area (Å²) in [6.45, 7) is 86.1. The van der Waals surface area contributed by atoms with Crippen LogP contribution in [0.25, 0.3) is 0 Å². The molecule has 0 bridgehead atoms. The van der Waals surface area contributed by atoms with Gasteiger partial charge in [-0.05, 0) is 398 Å². The smallest absolute Gasteiger partial charge is 0.0606 e. The van der Waals surface area contributed by atoms with E-state index in [1.807, 2.05) is 0 Å². The van der Waals surface area contributed by atoms with Crippen molar-refractivity contribution in [3.8, 4) is 0 Å². The Labute approximate surface area is 915 Å². The Bertz CT molecular complexity index is 2950. The van der Waals surface area contributed by atoms with E-state index in [2.05, 4.69) is 263 Å². The van der Waals surface area contributed by atoms with Gasteiger partial charge in [-0.25, -0.2) is 0 Å². The van der Waals surface area contributed by atoms with Gasteiger partial charge in [-0.15, -0.1) is 0 Å². The van der Waals surface area contributed by atoms with Gasteiger partial charge in [0.2, 0.25) is 0 Å². The minimum absolute atomic E-state index is 0.00663. The van der Waals surface area contributed by atoms with Gasteiger partial charge in [0, 0.05) is 0 Å². The molecule has 0 radical (unpaired) electrons. The monoisotopic (exact) mass is 2070 g/mol. The van der Waals surface area contributed by atoms with Crippen LogP contribution in [0.2, 0.25) is 0 Å². The standard InChI is InChI=1S/8C14H28O.2C12H24O/c1-13(2,3)10-7-8-12(15)11(9-10)14(4,5)6;1-13(2,3)10-7-8-11(12(15)9-10)14(4,5)6;1-13(2,3)10-8-7-9-11(12(10)15)14(4,5)6;1-10(2)7-12-5-6-14(15)13(9-12)8-11(3)4;1-3-5-8-12-9-7-11-14(15)13(12)10-6-4-2;1-3-5-8-12-10-7-11-13(14(12)15)9-6-4-2;1-3-5-7-12-9-10-14(15)13(11-12)8-6-4-2;1-3-5-7-12-9-10-13(8-6-4-2)14(15)11-12;1-8(2)10-5-6-12(13)11(7-10)9(3)4;1-8(2)10-6-5-7-11(9(3)4)12(10)13/h3*10-12,15H,7-9H2,1-6H3;10-15H,5-9H2,1-4H3;4*12-15H,3-11H2,1-2H3;2*8-13H,5-7H2,1-4H3. The second-order valence-corrected chi connectivity index (χ2v) is 60.0. The fourth-order valence-electron chi connectivity index (χ4n) is 28.9. The molecule has 10 aliphatic carbocycles. The number of hydrogen-bond acceptors (Lipinski definition) is 10. The number of aliphatic hydroxyl groups excluding tert-OH is 10. The summed E-state index contributed by atoms with van der Waals surface area (Å²) < 4.78 is 0. The molecule has 10 aliphatic rings. The minimum Gasteiger partial charge on any atom is -0.393 e. The van der Waals surface area contributed by atoms with Crippen molar-refractivity contribution >= 4 is 0 Å². The van der Waals surface area contributed by atoms with E-state index >= 15 is 0 Å². The summed E-state index contributed by atoms with van der Waals surface area (Å²) in [4.78, 5) is 0. The van der Waals surface area contributed by atoms with E-state index < -0.39 is 0 Å². The highest BCUT2D eigenvalue weighted by atomic mass is 16.3. The van der Waals surface area contributed by atoms with E-state index in [1.54, 1.807) is 0 Å². The number of rotatable bonds is 32. The normalized spacial score (nSPS) is 33.3. The first kappa shape index (κ1) is 144. The molecule has 27 unspecified atom stereocenters. The van der Waals surface area contributed by atoms with Crippen LogP contribution in [0.15, 0.2) is 0 Å². The lowest BCUT2D eigenvalue weighted by Crippen LogP contribution is -2.45. The Kier molecular flexibility index (Phi) is 73.6. The third-order valence-corrected chi connectivity index (χ3v) is 39.3. The molecule has 10 rings (SSSR count). The molecule has 27 atom stereocenters. The van der Waals surface area contributed by atoms with Gasteiger partial charge in [0.1, 0.15) is 0 Å². The van der Waals surface area contributed by atoms with Gasteiger partial charge in [0.05, 0.1) is 61.0 Å². The molecular weight excluding hydrogens is 1790 g/mol. The predicted molar refractivity (Wildman–Crippen MR) is 640 cm³/mol. The lowest BCUT2D eigenvalue weighted by atomic mass is 9.61. The second-order valence-electron chi connectivity index (χ2n) is 60.0. The molecule has 0 aromatic heterocycles. The Balaban J connectivity index is 0.000000811. The quantitative estimate of drug-likeness (QED) is 0.0309. The third kappa shape index (κ3) is 57.4. The maximum atomic E-state index is 10.5. The van der Waals surface area contributed by atoms with Crippen LogP contribution in [-0.2, 0) is 0 Å². The minimum atomic E-state index is -0.112. The fraction of sp³-hybridized carbons (Fsp3) is 1.00. The van der Waals surface area contributed by atoms with E-state index in [0.29, 0.717) is 111 Å². The molecule has 876 valence electrons. The second kappa shape index (κ2) is 74.8. The van der Waals surface area contributed by atoms with Gasteiger partial charge in [-0.3, -0.25) is 0 Å². The fourth-order valence-corrected chi connectivity index (χ4v) is 28.9. The average Bonchev–Trinajstić information content (AvgIpc) is 0.795. The number of unbranched alkanes of at least 4 members (excludes halogenated alkanes) is 8. The highest BCUT2D eigenvalue weighted by molar-refractivity contribution is 4.97. The van der Waals surface area contributed by atoms with Gasteiger partial charge in [-0.1, -0.05) is 411 Å². The van der Waals surface area contributed by atoms with Crippen LogP contribution in [0.3, 0.4) is 0 Å².